The molecular weight excluding hydrogens is 282 g/mol. The highest BCUT2D eigenvalue weighted by Crippen LogP contribution is 2.47. The van der Waals surface area contributed by atoms with Gasteiger partial charge in [-0.15, -0.1) is 0 Å². The average molecular weight is 303 g/mol. The predicted molar refractivity (Wildman–Crippen MR) is 80.2 cm³/mol. The van der Waals surface area contributed by atoms with Gasteiger partial charge < -0.3 is 14.7 Å². The van der Waals surface area contributed by atoms with Crippen molar-refractivity contribution >= 4 is 12.1 Å². The predicted octanol–water partition coefficient (Wildman–Crippen LogP) is 2.76. The Bertz CT molecular complexity index is 545. The molecule has 3 unspecified atom stereocenters. The van der Waals surface area contributed by atoms with Gasteiger partial charge in [0.15, 0.2) is 0 Å². The Morgan fingerprint density at radius 2 is 2.05 bits per heavy atom. The molecule has 5 heteroatoms. The fourth-order valence-corrected chi connectivity index (χ4v) is 3.36. The first-order valence-electron chi connectivity index (χ1n) is 7.83. The average Bonchev–Trinajstić information content (AvgIpc) is 3.35. The summed E-state index contributed by atoms with van der Waals surface area (Å²) in [5.74, 6) is -0.361. The monoisotopic (exact) mass is 303 g/mol. The molecule has 0 spiro atoms. The number of rotatable bonds is 4. The largest absolute Gasteiger partial charge is 0.481 e. The van der Waals surface area contributed by atoms with Crippen LogP contribution in [-0.2, 0) is 16.1 Å². The molecule has 5 nitrogen and oxygen atoms in total. The summed E-state index contributed by atoms with van der Waals surface area (Å²) in [5, 5.41) is 9.03. The first-order chi connectivity index (χ1) is 10.6. The molecule has 1 aromatic rings. The topological polar surface area (TPSA) is 66.8 Å². The number of piperidine rings is 1. The first-order valence-corrected chi connectivity index (χ1v) is 7.83. The Morgan fingerprint density at radius 1 is 1.27 bits per heavy atom. The van der Waals surface area contributed by atoms with Crippen LogP contribution < -0.4 is 0 Å². The number of carboxylic acids is 1. The highest BCUT2D eigenvalue weighted by molar-refractivity contribution is 5.73. The van der Waals surface area contributed by atoms with E-state index in [1.807, 2.05) is 30.3 Å². The lowest BCUT2D eigenvalue weighted by molar-refractivity contribution is -0.139. The number of carbonyl (C=O) groups is 2. The van der Waals surface area contributed by atoms with Gasteiger partial charge in [-0.1, -0.05) is 30.3 Å². The molecule has 1 aromatic carbocycles. The molecule has 22 heavy (non-hydrogen) atoms. The minimum atomic E-state index is -0.700. The highest BCUT2D eigenvalue weighted by Gasteiger charge is 2.48. The van der Waals surface area contributed by atoms with E-state index >= 15 is 0 Å². The van der Waals surface area contributed by atoms with E-state index in [1.54, 1.807) is 4.90 Å². The number of nitrogens with zero attached hydrogens (tertiary/aromatic N) is 1. The zero-order valence-corrected chi connectivity index (χ0v) is 12.5. The molecular formula is C17H21NO4. The molecule has 1 saturated heterocycles. The Hall–Kier alpha value is -2.04. The Kier molecular flexibility index (Phi) is 4.32. The molecule has 118 valence electrons. The maximum atomic E-state index is 12.2. The molecule has 0 bridgehead atoms. The quantitative estimate of drug-likeness (QED) is 0.928. The summed E-state index contributed by atoms with van der Waals surface area (Å²) in [4.78, 5) is 24.9. The van der Waals surface area contributed by atoms with Gasteiger partial charge in [-0.3, -0.25) is 4.79 Å². The third-order valence-corrected chi connectivity index (χ3v) is 4.68. The number of carbonyl (C=O) groups excluding carboxylic acids is 1. The van der Waals surface area contributed by atoms with Crippen LogP contribution in [0.25, 0.3) is 0 Å². The summed E-state index contributed by atoms with van der Waals surface area (Å²) in [6, 6.07) is 9.61. The van der Waals surface area contributed by atoms with E-state index in [0.717, 1.165) is 24.8 Å². The van der Waals surface area contributed by atoms with Crippen LogP contribution >= 0.6 is 0 Å². The van der Waals surface area contributed by atoms with Crippen molar-refractivity contribution in [2.75, 3.05) is 13.1 Å². The Labute approximate surface area is 129 Å². The number of ether oxygens (including phenoxy) is 1. The van der Waals surface area contributed by atoms with E-state index in [4.69, 9.17) is 9.84 Å². The zero-order chi connectivity index (χ0) is 15.5. The van der Waals surface area contributed by atoms with Crippen molar-refractivity contribution in [2.24, 2.45) is 17.8 Å². The van der Waals surface area contributed by atoms with Crippen LogP contribution in [0.5, 0.6) is 0 Å². The van der Waals surface area contributed by atoms with Crippen molar-refractivity contribution in [1.29, 1.82) is 0 Å². The van der Waals surface area contributed by atoms with Gasteiger partial charge in [0.25, 0.3) is 0 Å². The molecule has 1 aliphatic carbocycles. The number of amides is 1. The molecule has 3 atom stereocenters. The fourth-order valence-electron chi connectivity index (χ4n) is 3.36. The van der Waals surface area contributed by atoms with Crippen LogP contribution in [0.2, 0.25) is 0 Å². The van der Waals surface area contributed by atoms with Crippen LogP contribution in [0.3, 0.4) is 0 Å². The van der Waals surface area contributed by atoms with Crippen molar-refractivity contribution in [3.63, 3.8) is 0 Å². The van der Waals surface area contributed by atoms with Crippen LogP contribution in [0.1, 0.15) is 24.8 Å². The number of hydrogen-bond acceptors (Lipinski definition) is 3. The van der Waals surface area contributed by atoms with Crippen molar-refractivity contribution in [3.05, 3.63) is 35.9 Å². The summed E-state index contributed by atoms with van der Waals surface area (Å²) in [6.45, 7) is 1.61. The Morgan fingerprint density at radius 3 is 2.73 bits per heavy atom. The van der Waals surface area contributed by atoms with E-state index in [0.29, 0.717) is 19.0 Å². The van der Waals surface area contributed by atoms with Gasteiger partial charge >= 0.3 is 12.1 Å². The molecule has 2 aliphatic rings. The van der Waals surface area contributed by atoms with E-state index < -0.39 is 5.97 Å². The molecule has 0 aromatic heterocycles. The number of hydrogen-bond donors (Lipinski definition) is 1. The van der Waals surface area contributed by atoms with Gasteiger partial charge in [-0.25, -0.2) is 4.79 Å². The number of benzene rings is 1. The second-order valence-electron chi connectivity index (χ2n) is 6.23. The van der Waals surface area contributed by atoms with Crippen molar-refractivity contribution in [1.82, 2.24) is 4.90 Å². The summed E-state index contributed by atoms with van der Waals surface area (Å²) < 4.78 is 5.36. The molecule has 1 aliphatic heterocycles. The molecule has 1 N–H and O–H groups in total. The highest BCUT2D eigenvalue weighted by atomic mass is 16.6. The number of carboxylic acid groups (broad SMARTS) is 1. The minimum Gasteiger partial charge on any atom is -0.481 e. The van der Waals surface area contributed by atoms with E-state index in [2.05, 4.69) is 0 Å². The van der Waals surface area contributed by atoms with Gasteiger partial charge in [-0.2, -0.15) is 0 Å². The maximum absolute atomic E-state index is 12.2. The lowest BCUT2D eigenvalue weighted by Crippen LogP contribution is -2.41. The van der Waals surface area contributed by atoms with Gasteiger partial charge in [-0.05, 0) is 36.7 Å². The molecule has 1 amide bonds. The number of likely N-dealkylation sites (tertiary alicyclic amines) is 1. The molecule has 0 radical (unpaired) electrons. The van der Waals surface area contributed by atoms with Gasteiger partial charge in [0.1, 0.15) is 6.61 Å². The lowest BCUT2D eigenvalue weighted by atomic mass is 9.92. The molecule has 1 heterocycles. The first kappa shape index (κ1) is 14.9. The molecule has 2 fully saturated rings. The van der Waals surface area contributed by atoms with Crippen molar-refractivity contribution < 1.29 is 19.4 Å². The van der Waals surface area contributed by atoms with E-state index in [1.165, 1.54) is 0 Å². The zero-order valence-electron chi connectivity index (χ0n) is 12.5. The van der Waals surface area contributed by atoms with Gasteiger partial charge in [0.2, 0.25) is 0 Å². The minimum absolute atomic E-state index is 0.203. The van der Waals surface area contributed by atoms with Crippen LogP contribution in [0.15, 0.2) is 30.3 Å². The van der Waals surface area contributed by atoms with E-state index in [-0.39, 0.29) is 24.5 Å². The smallest absolute Gasteiger partial charge is 0.410 e. The Balaban J connectivity index is 1.49. The third-order valence-electron chi connectivity index (χ3n) is 4.68. The SMILES string of the molecule is O=C(O)C1CC1C1CCCN(C(=O)OCc2ccccc2)C1. The fraction of sp³-hybridized carbons (Fsp3) is 0.529. The summed E-state index contributed by atoms with van der Waals surface area (Å²) in [7, 11) is 0. The number of aliphatic carboxylic acids is 1. The van der Waals surface area contributed by atoms with Crippen LogP contribution in [0, 0.1) is 17.8 Å². The molecule has 3 rings (SSSR count). The van der Waals surface area contributed by atoms with Crippen LogP contribution in [0.4, 0.5) is 4.79 Å². The normalized spacial score (nSPS) is 27.3. The van der Waals surface area contributed by atoms with Crippen LogP contribution in [-0.4, -0.2) is 35.2 Å². The summed E-state index contributed by atoms with van der Waals surface area (Å²) in [5.41, 5.74) is 0.970. The third kappa shape index (κ3) is 3.40. The second kappa shape index (κ2) is 6.38. The van der Waals surface area contributed by atoms with Crippen molar-refractivity contribution in [3.8, 4) is 0 Å². The maximum Gasteiger partial charge on any atom is 0.410 e. The van der Waals surface area contributed by atoms with Crippen molar-refractivity contribution in [2.45, 2.75) is 25.9 Å². The lowest BCUT2D eigenvalue weighted by Gasteiger charge is -2.32. The van der Waals surface area contributed by atoms with E-state index in [9.17, 15) is 9.59 Å². The molecule has 1 saturated carbocycles. The van der Waals surface area contributed by atoms with Gasteiger partial charge in [0, 0.05) is 13.1 Å². The summed E-state index contributed by atoms with van der Waals surface area (Å²) in [6.07, 6.45) is 2.40. The second-order valence-corrected chi connectivity index (χ2v) is 6.23. The summed E-state index contributed by atoms with van der Waals surface area (Å²) >= 11 is 0. The standard InChI is InChI=1S/C17H21NO4/c19-16(20)15-9-14(15)13-7-4-8-18(10-13)17(21)22-11-12-5-2-1-3-6-12/h1-3,5-6,13-15H,4,7-11H2,(H,19,20). The van der Waals surface area contributed by atoms with Gasteiger partial charge in [0.05, 0.1) is 5.92 Å².